The SMILES string of the molecule is CC.O=C(N1CCc2ccc(Cl)c(-c3n[nH]nc3-c3ccccc3)c2CC1)C(F)(F)F. The van der Waals surface area contributed by atoms with Crippen LogP contribution >= 0.6 is 11.6 Å². The molecule has 1 aliphatic heterocycles. The van der Waals surface area contributed by atoms with Gasteiger partial charge in [0.15, 0.2) is 0 Å². The first-order valence-electron chi connectivity index (χ1n) is 9.99. The number of fused-ring (bicyclic) bond motifs is 1. The third-order valence-corrected chi connectivity index (χ3v) is 5.32. The van der Waals surface area contributed by atoms with Crippen molar-refractivity contribution in [2.75, 3.05) is 13.1 Å². The van der Waals surface area contributed by atoms with Crippen molar-refractivity contribution < 1.29 is 18.0 Å². The van der Waals surface area contributed by atoms with Crippen LogP contribution in [0.2, 0.25) is 5.02 Å². The first kappa shape index (κ1) is 22.8. The topological polar surface area (TPSA) is 61.9 Å². The number of alkyl halides is 3. The van der Waals surface area contributed by atoms with E-state index < -0.39 is 12.1 Å². The van der Waals surface area contributed by atoms with Crippen LogP contribution in [0.25, 0.3) is 22.5 Å². The summed E-state index contributed by atoms with van der Waals surface area (Å²) in [6.07, 6.45) is -4.34. The fraction of sp³-hybridized carbons (Fsp3) is 0.318. The van der Waals surface area contributed by atoms with E-state index in [0.29, 0.717) is 28.4 Å². The number of benzene rings is 2. The molecule has 1 N–H and O–H groups in total. The summed E-state index contributed by atoms with van der Waals surface area (Å²) < 4.78 is 38.6. The van der Waals surface area contributed by atoms with Gasteiger partial charge in [0.25, 0.3) is 0 Å². The van der Waals surface area contributed by atoms with Gasteiger partial charge in [-0.25, -0.2) is 0 Å². The molecule has 0 spiro atoms. The number of nitrogens with zero attached hydrogens (tertiary/aromatic N) is 3. The van der Waals surface area contributed by atoms with Gasteiger partial charge in [0.05, 0.1) is 5.02 Å². The molecule has 164 valence electrons. The van der Waals surface area contributed by atoms with E-state index in [-0.39, 0.29) is 19.5 Å². The number of amides is 1. The maximum Gasteiger partial charge on any atom is 0.471 e. The molecule has 1 aliphatic rings. The smallest absolute Gasteiger partial charge is 0.334 e. The Labute approximate surface area is 183 Å². The van der Waals surface area contributed by atoms with Gasteiger partial charge >= 0.3 is 12.1 Å². The molecule has 0 fully saturated rings. The van der Waals surface area contributed by atoms with Crippen LogP contribution in [-0.2, 0) is 17.6 Å². The monoisotopic (exact) mass is 450 g/mol. The minimum absolute atomic E-state index is 0.00320. The fourth-order valence-electron chi connectivity index (χ4n) is 3.64. The highest BCUT2D eigenvalue weighted by Gasteiger charge is 2.42. The lowest BCUT2D eigenvalue weighted by Crippen LogP contribution is -2.42. The lowest BCUT2D eigenvalue weighted by Gasteiger charge is -2.21. The van der Waals surface area contributed by atoms with Crippen molar-refractivity contribution in [1.82, 2.24) is 20.3 Å². The highest BCUT2D eigenvalue weighted by Crippen LogP contribution is 2.38. The maximum absolute atomic E-state index is 12.9. The Kier molecular flexibility index (Phi) is 7.00. The number of halogens is 4. The van der Waals surface area contributed by atoms with Crippen LogP contribution in [0.1, 0.15) is 25.0 Å². The molecule has 0 saturated carbocycles. The Hall–Kier alpha value is -2.87. The van der Waals surface area contributed by atoms with Crippen molar-refractivity contribution >= 4 is 17.5 Å². The van der Waals surface area contributed by atoms with Crippen LogP contribution in [0.5, 0.6) is 0 Å². The van der Waals surface area contributed by atoms with Crippen LogP contribution in [-0.4, -0.2) is 45.5 Å². The van der Waals surface area contributed by atoms with Gasteiger partial charge in [0, 0.05) is 24.2 Å². The highest BCUT2D eigenvalue weighted by molar-refractivity contribution is 6.33. The van der Waals surface area contributed by atoms with Crippen LogP contribution in [0.4, 0.5) is 13.2 Å². The summed E-state index contributed by atoms with van der Waals surface area (Å²) in [7, 11) is 0. The number of carbonyl (C=O) groups excluding carboxylic acids is 1. The minimum Gasteiger partial charge on any atom is -0.334 e. The molecule has 31 heavy (non-hydrogen) atoms. The molecular formula is C22H22ClF3N4O. The van der Waals surface area contributed by atoms with Crippen molar-refractivity contribution in [3.05, 3.63) is 58.6 Å². The second kappa shape index (κ2) is 9.51. The first-order chi connectivity index (χ1) is 14.9. The van der Waals surface area contributed by atoms with Crippen LogP contribution < -0.4 is 0 Å². The van der Waals surface area contributed by atoms with Crippen molar-refractivity contribution in [2.45, 2.75) is 32.9 Å². The summed E-state index contributed by atoms with van der Waals surface area (Å²) in [5.41, 5.74) is 4.26. The summed E-state index contributed by atoms with van der Waals surface area (Å²) in [4.78, 5) is 12.5. The summed E-state index contributed by atoms with van der Waals surface area (Å²) in [5, 5.41) is 11.6. The normalized spacial score (nSPS) is 13.7. The molecule has 0 bridgehead atoms. The Morgan fingerprint density at radius 1 is 1.00 bits per heavy atom. The fourth-order valence-corrected chi connectivity index (χ4v) is 3.90. The molecule has 1 aromatic heterocycles. The van der Waals surface area contributed by atoms with E-state index in [1.165, 1.54) is 0 Å². The third-order valence-electron chi connectivity index (χ3n) is 5.00. The zero-order chi connectivity index (χ0) is 22.6. The minimum atomic E-state index is -4.89. The largest absolute Gasteiger partial charge is 0.471 e. The summed E-state index contributed by atoms with van der Waals surface area (Å²) in [6.45, 7) is 3.95. The van der Waals surface area contributed by atoms with Gasteiger partial charge < -0.3 is 4.90 Å². The molecule has 0 atom stereocenters. The maximum atomic E-state index is 12.9. The molecule has 3 aromatic rings. The Morgan fingerprint density at radius 2 is 1.65 bits per heavy atom. The van der Waals surface area contributed by atoms with E-state index in [9.17, 15) is 18.0 Å². The van der Waals surface area contributed by atoms with Crippen LogP contribution in [0.3, 0.4) is 0 Å². The number of aromatic nitrogens is 3. The molecule has 1 amide bonds. The second-order valence-electron chi connectivity index (χ2n) is 6.74. The quantitative estimate of drug-likeness (QED) is 0.575. The van der Waals surface area contributed by atoms with Gasteiger partial charge in [-0.05, 0) is 30.0 Å². The molecule has 4 rings (SSSR count). The van der Waals surface area contributed by atoms with Crippen molar-refractivity contribution in [2.24, 2.45) is 0 Å². The molecule has 0 unspecified atom stereocenters. The lowest BCUT2D eigenvalue weighted by atomic mass is 9.93. The van der Waals surface area contributed by atoms with Gasteiger partial charge in [-0.1, -0.05) is 61.8 Å². The molecular weight excluding hydrogens is 429 g/mol. The summed E-state index contributed by atoms with van der Waals surface area (Å²) in [6, 6.07) is 12.9. The number of hydrogen-bond donors (Lipinski definition) is 1. The Bertz CT molecular complexity index is 1050. The van der Waals surface area contributed by atoms with Gasteiger partial charge in [-0.3, -0.25) is 4.79 Å². The van der Waals surface area contributed by atoms with Crippen molar-refractivity contribution in [3.63, 3.8) is 0 Å². The molecule has 2 heterocycles. The molecule has 0 radical (unpaired) electrons. The van der Waals surface area contributed by atoms with Gasteiger partial charge in [0.1, 0.15) is 11.4 Å². The number of H-pyrrole nitrogens is 1. The molecule has 2 aromatic carbocycles. The lowest BCUT2D eigenvalue weighted by molar-refractivity contribution is -0.185. The van der Waals surface area contributed by atoms with E-state index in [0.717, 1.165) is 21.6 Å². The second-order valence-corrected chi connectivity index (χ2v) is 7.14. The van der Waals surface area contributed by atoms with E-state index >= 15 is 0 Å². The van der Waals surface area contributed by atoms with E-state index in [2.05, 4.69) is 15.4 Å². The zero-order valence-electron chi connectivity index (χ0n) is 17.1. The molecule has 5 nitrogen and oxygen atoms in total. The van der Waals surface area contributed by atoms with E-state index in [1.807, 2.05) is 44.2 Å². The number of carbonyl (C=O) groups is 1. The molecule has 9 heteroatoms. The average molecular weight is 451 g/mol. The summed E-state index contributed by atoms with van der Waals surface area (Å²) in [5.74, 6) is -1.82. The number of aromatic amines is 1. The standard InChI is InChI=1S/C20H16ClF3N4O.C2H6/c21-15-7-6-12-8-10-28(19(29)20(22,23)24)11-9-14(12)16(15)18-17(25-27-26-18)13-4-2-1-3-5-13;1-2/h1-7H,8-11H2,(H,25,26,27);1-2H3. The molecule has 0 saturated heterocycles. The van der Waals surface area contributed by atoms with Gasteiger partial charge in [-0.2, -0.15) is 28.6 Å². The Morgan fingerprint density at radius 3 is 2.32 bits per heavy atom. The number of rotatable bonds is 2. The van der Waals surface area contributed by atoms with Crippen molar-refractivity contribution in [1.29, 1.82) is 0 Å². The zero-order valence-corrected chi connectivity index (χ0v) is 17.9. The van der Waals surface area contributed by atoms with Gasteiger partial charge in [0.2, 0.25) is 0 Å². The average Bonchev–Trinajstić information content (AvgIpc) is 3.15. The number of nitrogens with one attached hydrogen (secondary N) is 1. The van der Waals surface area contributed by atoms with Crippen LogP contribution in [0.15, 0.2) is 42.5 Å². The van der Waals surface area contributed by atoms with E-state index in [1.54, 1.807) is 12.1 Å². The number of hydrogen-bond acceptors (Lipinski definition) is 3. The summed E-state index contributed by atoms with van der Waals surface area (Å²) >= 11 is 6.49. The first-order valence-corrected chi connectivity index (χ1v) is 10.4. The third kappa shape index (κ3) is 4.74. The highest BCUT2D eigenvalue weighted by atomic mass is 35.5. The molecule has 0 aliphatic carbocycles. The predicted octanol–water partition coefficient (Wildman–Crippen LogP) is 5.31. The van der Waals surface area contributed by atoms with E-state index in [4.69, 9.17) is 11.6 Å². The van der Waals surface area contributed by atoms with Crippen LogP contribution in [0, 0.1) is 0 Å². The Balaban J connectivity index is 0.00000132. The van der Waals surface area contributed by atoms with Crippen molar-refractivity contribution in [3.8, 4) is 22.5 Å². The van der Waals surface area contributed by atoms with Gasteiger partial charge in [-0.15, -0.1) is 0 Å². The predicted molar refractivity (Wildman–Crippen MR) is 114 cm³/mol.